The van der Waals surface area contributed by atoms with Gasteiger partial charge in [0.05, 0.1) is 9.80 Å². The normalized spacial score (nSPS) is 20.1. The number of amides is 2. The number of rotatable bonds is 8. The maximum absolute atomic E-state index is 13.7. The Labute approximate surface area is 246 Å². The Hall–Kier alpha value is -3.40. The van der Waals surface area contributed by atoms with Gasteiger partial charge in [-0.15, -0.1) is 11.8 Å². The summed E-state index contributed by atoms with van der Waals surface area (Å²) in [4.78, 5) is 29.3. The molecule has 1 saturated heterocycles. The average Bonchev–Trinajstić information content (AvgIpc) is 2.95. The second-order valence-electron chi connectivity index (χ2n) is 10.8. The van der Waals surface area contributed by atoms with Gasteiger partial charge in [0.2, 0.25) is 10.0 Å². The Morgan fingerprint density at radius 3 is 2.46 bits per heavy atom. The van der Waals surface area contributed by atoms with Crippen LogP contribution < -0.4 is 10.5 Å². The zero-order valence-electron chi connectivity index (χ0n) is 23.1. The van der Waals surface area contributed by atoms with E-state index in [0.29, 0.717) is 30.3 Å². The van der Waals surface area contributed by atoms with Gasteiger partial charge in [-0.2, -0.15) is 0 Å². The topological polar surface area (TPSA) is 110 Å². The van der Waals surface area contributed by atoms with Gasteiger partial charge in [-0.25, -0.2) is 13.6 Å². The Kier molecular flexibility index (Phi) is 8.97. The highest BCUT2D eigenvalue weighted by molar-refractivity contribution is 8.04. The highest BCUT2D eigenvalue weighted by Gasteiger charge is 2.40. The van der Waals surface area contributed by atoms with Crippen molar-refractivity contribution in [1.82, 2.24) is 10.2 Å². The van der Waals surface area contributed by atoms with Crippen LogP contribution in [0.3, 0.4) is 0 Å². The molecule has 2 atom stereocenters. The average molecular weight is 590 g/mol. The molecular weight excluding hydrogens is 555 g/mol. The van der Waals surface area contributed by atoms with Crippen LogP contribution in [0, 0.1) is 6.92 Å². The molecule has 3 N–H and O–H groups in total. The monoisotopic (exact) mass is 589 g/mol. The fourth-order valence-electron chi connectivity index (χ4n) is 5.52. The van der Waals surface area contributed by atoms with Crippen LogP contribution in [0.4, 0.5) is 0 Å². The first kappa shape index (κ1) is 29.1. The minimum Gasteiger partial charge on any atom is -0.352 e. The lowest BCUT2D eigenvalue weighted by Gasteiger charge is -2.44. The van der Waals surface area contributed by atoms with Crippen LogP contribution in [0.5, 0.6) is 0 Å². The van der Waals surface area contributed by atoms with Crippen LogP contribution in [0.15, 0.2) is 82.6 Å². The van der Waals surface area contributed by atoms with Crippen LogP contribution in [0.1, 0.15) is 58.3 Å². The molecule has 1 aliphatic carbocycles. The molecule has 5 rings (SSSR count). The Morgan fingerprint density at radius 2 is 1.76 bits per heavy atom. The highest BCUT2D eigenvalue weighted by atomic mass is 32.2. The molecule has 1 saturated carbocycles. The van der Waals surface area contributed by atoms with E-state index in [0.717, 1.165) is 40.9 Å². The summed E-state index contributed by atoms with van der Waals surface area (Å²) in [5.74, 6) is -0.110. The number of primary sulfonamides is 1. The molecule has 0 aromatic heterocycles. The van der Waals surface area contributed by atoms with Crippen molar-refractivity contribution >= 4 is 39.7 Å². The number of sulfonamides is 1. The number of thioether (sulfide) groups is 1. The lowest BCUT2D eigenvalue weighted by molar-refractivity contribution is -0.130. The number of carbonyl (C=O) groups is 2. The number of fused-ring (bicyclic) bond motifs is 1. The highest BCUT2D eigenvalue weighted by Crippen LogP contribution is 2.42. The van der Waals surface area contributed by atoms with Crippen molar-refractivity contribution in [2.75, 3.05) is 6.54 Å². The Bertz CT molecular complexity index is 1550. The van der Waals surface area contributed by atoms with Crippen LogP contribution in [0.25, 0.3) is 6.08 Å². The number of nitrogens with one attached hydrogen (secondary N) is 1. The first-order valence-corrected chi connectivity index (χ1v) is 16.3. The first-order valence-electron chi connectivity index (χ1n) is 13.9. The summed E-state index contributed by atoms with van der Waals surface area (Å²) in [7, 11) is -3.72. The molecule has 7 nitrogen and oxygen atoms in total. The van der Waals surface area contributed by atoms with Gasteiger partial charge in [-0.1, -0.05) is 66.9 Å². The molecule has 1 aliphatic heterocycles. The van der Waals surface area contributed by atoms with E-state index < -0.39 is 10.0 Å². The molecule has 2 aliphatic rings. The molecule has 0 radical (unpaired) electrons. The van der Waals surface area contributed by atoms with Crippen molar-refractivity contribution in [2.45, 2.75) is 61.8 Å². The molecule has 214 valence electrons. The molecule has 2 amide bonds. The molecule has 1 heterocycles. The largest absolute Gasteiger partial charge is 0.352 e. The predicted octanol–water partition coefficient (Wildman–Crippen LogP) is 5.04. The van der Waals surface area contributed by atoms with E-state index >= 15 is 0 Å². The molecule has 0 bridgehead atoms. The number of aryl methyl sites for hydroxylation is 1. The summed E-state index contributed by atoms with van der Waals surface area (Å²) in [5.41, 5.74) is 4.67. The van der Waals surface area contributed by atoms with E-state index in [1.807, 2.05) is 18.2 Å². The van der Waals surface area contributed by atoms with Gasteiger partial charge in [-0.05, 0) is 73.2 Å². The molecule has 2 unspecified atom stereocenters. The van der Waals surface area contributed by atoms with E-state index in [-0.39, 0.29) is 22.8 Å². The van der Waals surface area contributed by atoms with E-state index in [2.05, 4.69) is 41.4 Å². The maximum Gasteiger partial charge on any atom is 0.260 e. The number of nitrogens with zero attached hydrogens (tertiary/aromatic N) is 1. The summed E-state index contributed by atoms with van der Waals surface area (Å²) < 4.78 is 22.8. The van der Waals surface area contributed by atoms with Crippen molar-refractivity contribution in [3.63, 3.8) is 0 Å². The van der Waals surface area contributed by atoms with Crippen molar-refractivity contribution in [3.05, 3.63) is 106 Å². The van der Waals surface area contributed by atoms with Gasteiger partial charge < -0.3 is 10.2 Å². The molecule has 9 heteroatoms. The van der Waals surface area contributed by atoms with Crippen molar-refractivity contribution in [2.24, 2.45) is 5.14 Å². The van der Waals surface area contributed by atoms with Crippen molar-refractivity contribution in [1.29, 1.82) is 0 Å². The first-order chi connectivity index (χ1) is 19.7. The SMILES string of the molecule is Cc1cccc(CN2C(=O)/C(=C\c3ccc(C(=O)NCCc4ccc(S(N)(=O)=O)cc4)cc3)SC3CCCCC32)c1. The number of hydrogen-bond donors (Lipinski definition) is 2. The summed E-state index contributed by atoms with van der Waals surface area (Å²) in [5, 5.41) is 8.44. The number of benzene rings is 3. The third-order valence-electron chi connectivity index (χ3n) is 7.68. The second-order valence-corrected chi connectivity index (χ2v) is 13.6. The predicted molar refractivity (Wildman–Crippen MR) is 164 cm³/mol. The summed E-state index contributed by atoms with van der Waals surface area (Å²) in [6.07, 6.45) is 7.02. The van der Waals surface area contributed by atoms with Crippen LogP contribution >= 0.6 is 11.8 Å². The van der Waals surface area contributed by atoms with Gasteiger partial charge in [0.25, 0.3) is 11.8 Å². The van der Waals surface area contributed by atoms with E-state index in [1.54, 1.807) is 36.0 Å². The van der Waals surface area contributed by atoms with E-state index in [4.69, 9.17) is 5.14 Å². The number of carbonyl (C=O) groups excluding carboxylic acids is 2. The van der Waals surface area contributed by atoms with Gasteiger partial charge in [0.1, 0.15) is 0 Å². The van der Waals surface area contributed by atoms with Gasteiger partial charge in [0.15, 0.2) is 0 Å². The third-order valence-corrected chi connectivity index (χ3v) is 10.0. The molecule has 3 aromatic carbocycles. The summed E-state index contributed by atoms with van der Waals surface area (Å²) >= 11 is 1.71. The minimum absolute atomic E-state index is 0.0613. The molecule has 0 spiro atoms. The minimum atomic E-state index is -3.72. The summed E-state index contributed by atoms with van der Waals surface area (Å²) in [6.45, 7) is 3.10. The lowest BCUT2D eigenvalue weighted by Crippen LogP contribution is -2.50. The zero-order chi connectivity index (χ0) is 29.0. The molecule has 3 aromatic rings. The fraction of sp³-hybridized carbons (Fsp3) is 0.312. The number of hydrogen-bond acceptors (Lipinski definition) is 5. The lowest BCUT2D eigenvalue weighted by atomic mass is 9.92. The van der Waals surface area contributed by atoms with Gasteiger partial charge in [-0.3, -0.25) is 9.59 Å². The standard InChI is InChI=1S/C32H35N3O4S2/c1-22-5-4-6-25(19-22)21-35-28-7-2-3-8-29(28)40-30(32(35)37)20-24-9-13-26(14-10-24)31(36)34-18-17-23-11-15-27(16-12-23)41(33,38)39/h4-6,9-16,19-20,28-29H,2-3,7-8,17-18,21H2,1H3,(H,34,36)(H2,33,38,39)/b30-20+. The van der Waals surface area contributed by atoms with Crippen molar-refractivity contribution in [3.8, 4) is 0 Å². The van der Waals surface area contributed by atoms with Gasteiger partial charge in [0, 0.05) is 29.9 Å². The third kappa shape index (κ3) is 7.28. The second kappa shape index (κ2) is 12.6. The quantitative estimate of drug-likeness (QED) is 0.358. The Balaban J connectivity index is 1.23. The van der Waals surface area contributed by atoms with Crippen LogP contribution in [0.2, 0.25) is 0 Å². The molecule has 41 heavy (non-hydrogen) atoms. The molecule has 2 fully saturated rings. The van der Waals surface area contributed by atoms with E-state index in [9.17, 15) is 18.0 Å². The number of nitrogens with two attached hydrogens (primary N) is 1. The zero-order valence-corrected chi connectivity index (χ0v) is 24.7. The Morgan fingerprint density at radius 1 is 1.02 bits per heavy atom. The fourth-order valence-corrected chi connectivity index (χ4v) is 7.51. The van der Waals surface area contributed by atoms with E-state index in [1.165, 1.54) is 24.1 Å². The van der Waals surface area contributed by atoms with Crippen molar-refractivity contribution < 1.29 is 18.0 Å². The van der Waals surface area contributed by atoms with Crippen LogP contribution in [-0.2, 0) is 27.8 Å². The smallest absolute Gasteiger partial charge is 0.260 e. The summed E-state index contributed by atoms with van der Waals surface area (Å²) in [6, 6.07) is 22.2. The van der Waals surface area contributed by atoms with Crippen LogP contribution in [-0.4, -0.2) is 43.0 Å². The molecular formula is C32H35N3O4S2. The maximum atomic E-state index is 13.7. The van der Waals surface area contributed by atoms with Gasteiger partial charge >= 0.3 is 0 Å².